The molecule has 0 saturated carbocycles. The summed E-state index contributed by atoms with van der Waals surface area (Å²) in [6, 6.07) is 3.71. The molecule has 7 nitrogen and oxygen atoms in total. The molecule has 1 saturated heterocycles. The Kier molecular flexibility index (Phi) is 4.15. The molecule has 0 bridgehead atoms. The summed E-state index contributed by atoms with van der Waals surface area (Å²) in [5.74, 6) is 1.73. The number of nitrogens with one attached hydrogen (secondary N) is 1. The normalized spacial score (nSPS) is 19.4. The van der Waals surface area contributed by atoms with Crippen LogP contribution in [-0.4, -0.2) is 52.1 Å². The van der Waals surface area contributed by atoms with Crippen LogP contribution in [-0.2, 0) is 13.6 Å². The molecule has 2 aromatic rings. The SMILES string of the molecule is CN1CCN(C(=O)NCc2ccco2)CC1c1nccn1C. The Hall–Kier alpha value is -2.28. The average molecular weight is 303 g/mol. The van der Waals surface area contributed by atoms with E-state index in [4.69, 9.17) is 4.42 Å². The summed E-state index contributed by atoms with van der Waals surface area (Å²) in [6.45, 7) is 2.57. The van der Waals surface area contributed by atoms with Gasteiger partial charge in [0, 0.05) is 39.1 Å². The predicted octanol–water partition coefficient (Wildman–Crippen LogP) is 1.21. The molecule has 22 heavy (non-hydrogen) atoms. The number of rotatable bonds is 3. The molecule has 1 unspecified atom stereocenters. The van der Waals surface area contributed by atoms with Crippen LogP contribution >= 0.6 is 0 Å². The van der Waals surface area contributed by atoms with E-state index >= 15 is 0 Å². The summed E-state index contributed by atoms with van der Waals surface area (Å²) in [6.07, 6.45) is 5.33. The van der Waals surface area contributed by atoms with Crippen molar-refractivity contribution in [2.45, 2.75) is 12.6 Å². The quantitative estimate of drug-likeness (QED) is 0.925. The molecule has 0 aromatic carbocycles. The van der Waals surface area contributed by atoms with Crippen molar-refractivity contribution < 1.29 is 9.21 Å². The maximum Gasteiger partial charge on any atom is 0.317 e. The van der Waals surface area contributed by atoms with E-state index in [2.05, 4.69) is 22.2 Å². The topological polar surface area (TPSA) is 66.5 Å². The molecular weight excluding hydrogens is 282 g/mol. The zero-order valence-corrected chi connectivity index (χ0v) is 12.9. The Morgan fingerprint density at radius 2 is 2.32 bits per heavy atom. The summed E-state index contributed by atoms with van der Waals surface area (Å²) in [4.78, 5) is 20.8. The minimum atomic E-state index is -0.0660. The van der Waals surface area contributed by atoms with Crippen LogP contribution in [0.4, 0.5) is 4.79 Å². The molecular formula is C15H21N5O2. The average Bonchev–Trinajstić information content (AvgIpc) is 3.17. The van der Waals surface area contributed by atoms with Crippen LogP contribution in [0.5, 0.6) is 0 Å². The fourth-order valence-corrected chi connectivity index (χ4v) is 2.72. The van der Waals surface area contributed by atoms with Crippen molar-refractivity contribution in [2.75, 3.05) is 26.7 Å². The van der Waals surface area contributed by atoms with Crippen LogP contribution in [0, 0.1) is 0 Å². The van der Waals surface area contributed by atoms with Gasteiger partial charge in [0.25, 0.3) is 0 Å². The molecule has 3 rings (SSSR count). The van der Waals surface area contributed by atoms with Gasteiger partial charge in [-0.1, -0.05) is 0 Å². The second kappa shape index (κ2) is 6.23. The number of carbonyl (C=O) groups is 1. The van der Waals surface area contributed by atoms with E-state index in [-0.39, 0.29) is 12.1 Å². The number of imidazole rings is 1. The minimum Gasteiger partial charge on any atom is -0.467 e. The van der Waals surface area contributed by atoms with Gasteiger partial charge in [-0.05, 0) is 19.2 Å². The minimum absolute atomic E-state index is 0.0660. The lowest BCUT2D eigenvalue weighted by Gasteiger charge is -2.38. The highest BCUT2D eigenvalue weighted by Crippen LogP contribution is 2.22. The number of hydrogen-bond acceptors (Lipinski definition) is 4. The van der Waals surface area contributed by atoms with Gasteiger partial charge in [0.15, 0.2) is 0 Å². The van der Waals surface area contributed by atoms with Gasteiger partial charge in [-0.25, -0.2) is 9.78 Å². The van der Waals surface area contributed by atoms with Gasteiger partial charge in [0.1, 0.15) is 11.6 Å². The number of aryl methyl sites for hydroxylation is 1. The molecule has 1 atom stereocenters. The van der Waals surface area contributed by atoms with Crippen molar-refractivity contribution in [2.24, 2.45) is 7.05 Å². The molecule has 2 aromatic heterocycles. The Bertz CT molecular complexity index is 622. The van der Waals surface area contributed by atoms with Gasteiger partial charge in [-0.15, -0.1) is 0 Å². The van der Waals surface area contributed by atoms with Gasteiger partial charge >= 0.3 is 6.03 Å². The first kappa shape index (κ1) is 14.6. The molecule has 3 heterocycles. The third kappa shape index (κ3) is 2.99. The first-order chi connectivity index (χ1) is 10.6. The van der Waals surface area contributed by atoms with Crippen molar-refractivity contribution in [1.29, 1.82) is 0 Å². The van der Waals surface area contributed by atoms with Crippen molar-refractivity contribution in [1.82, 2.24) is 24.7 Å². The molecule has 0 radical (unpaired) electrons. The smallest absolute Gasteiger partial charge is 0.317 e. The van der Waals surface area contributed by atoms with E-state index in [0.29, 0.717) is 19.6 Å². The molecule has 118 valence electrons. The number of hydrogen-bond donors (Lipinski definition) is 1. The number of amides is 2. The van der Waals surface area contributed by atoms with Gasteiger partial charge in [0.05, 0.1) is 18.8 Å². The second-order valence-electron chi connectivity index (χ2n) is 5.58. The van der Waals surface area contributed by atoms with E-state index in [1.165, 1.54) is 0 Å². The Morgan fingerprint density at radius 1 is 1.45 bits per heavy atom. The highest BCUT2D eigenvalue weighted by atomic mass is 16.3. The molecule has 0 aliphatic carbocycles. The van der Waals surface area contributed by atoms with Gasteiger partial charge in [0.2, 0.25) is 0 Å². The first-order valence-electron chi connectivity index (χ1n) is 7.38. The summed E-state index contributed by atoms with van der Waals surface area (Å²) in [7, 11) is 4.05. The second-order valence-corrected chi connectivity index (χ2v) is 5.58. The third-order valence-electron chi connectivity index (χ3n) is 4.09. The van der Waals surface area contributed by atoms with Crippen LogP contribution < -0.4 is 5.32 Å². The number of likely N-dealkylation sites (N-methyl/N-ethyl adjacent to an activating group) is 1. The number of furan rings is 1. The lowest BCUT2D eigenvalue weighted by molar-refractivity contribution is 0.104. The maximum atomic E-state index is 12.3. The van der Waals surface area contributed by atoms with Crippen molar-refractivity contribution >= 4 is 6.03 Å². The number of aromatic nitrogens is 2. The highest BCUT2D eigenvalue weighted by Gasteiger charge is 2.30. The Morgan fingerprint density at radius 3 is 3.00 bits per heavy atom. The molecule has 7 heteroatoms. The molecule has 0 spiro atoms. The molecule has 2 amide bonds. The van der Waals surface area contributed by atoms with Crippen molar-refractivity contribution in [3.8, 4) is 0 Å². The van der Waals surface area contributed by atoms with Crippen LogP contribution in [0.25, 0.3) is 0 Å². The largest absolute Gasteiger partial charge is 0.467 e. The van der Waals surface area contributed by atoms with Crippen molar-refractivity contribution in [3.05, 3.63) is 42.4 Å². The van der Waals surface area contributed by atoms with Gasteiger partial charge < -0.3 is 19.2 Å². The Labute approximate surface area is 129 Å². The zero-order valence-electron chi connectivity index (χ0n) is 12.9. The third-order valence-corrected chi connectivity index (χ3v) is 4.09. The number of piperazine rings is 1. The maximum absolute atomic E-state index is 12.3. The predicted molar refractivity (Wildman–Crippen MR) is 81.1 cm³/mol. The van der Waals surface area contributed by atoms with Crippen molar-refractivity contribution in [3.63, 3.8) is 0 Å². The molecule has 1 aliphatic heterocycles. The Balaban J connectivity index is 1.62. The van der Waals surface area contributed by atoms with Crippen LogP contribution in [0.15, 0.2) is 35.2 Å². The molecule has 1 N–H and O–H groups in total. The van der Waals surface area contributed by atoms with E-state index in [1.54, 1.807) is 12.5 Å². The monoisotopic (exact) mass is 303 g/mol. The summed E-state index contributed by atoms with van der Waals surface area (Å²) in [5.41, 5.74) is 0. The lowest BCUT2D eigenvalue weighted by atomic mass is 10.1. The standard InChI is InChI=1S/C15H21N5O2/c1-18-7-8-20(11-13(18)14-16-5-6-19(14)2)15(21)17-10-12-4-3-9-22-12/h3-6,9,13H,7-8,10-11H2,1-2H3,(H,17,21). The number of carbonyl (C=O) groups excluding carboxylic acids is 1. The van der Waals surface area contributed by atoms with E-state index in [1.807, 2.05) is 34.8 Å². The summed E-state index contributed by atoms with van der Waals surface area (Å²) in [5, 5.41) is 2.90. The number of nitrogens with zero attached hydrogens (tertiary/aromatic N) is 4. The summed E-state index contributed by atoms with van der Waals surface area (Å²) < 4.78 is 7.23. The number of urea groups is 1. The van der Waals surface area contributed by atoms with E-state index in [0.717, 1.165) is 18.1 Å². The van der Waals surface area contributed by atoms with Crippen LogP contribution in [0.1, 0.15) is 17.6 Å². The highest BCUT2D eigenvalue weighted by molar-refractivity contribution is 5.74. The zero-order chi connectivity index (χ0) is 15.5. The summed E-state index contributed by atoms with van der Waals surface area (Å²) >= 11 is 0. The molecule has 1 aliphatic rings. The molecule has 1 fully saturated rings. The van der Waals surface area contributed by atoms with Gasteiger partial charge in [-0.2, -0.15) is 0 Å². The van der Waals surface area contributed by atoms with E-state index in [9.17, 15) is 4.79 Å². The fourth-order valence-electron chi connectivity index (χ4n) is 2.72. The van der Waals surface area contributed by atoms with Crippen LogP contribution in [0.3, 0.4) is 0 Å². The fraction of sp³-hybridized carbons (Fsp3) is 0.467. The van der Waals surface area contributed by atoms with Gasteiger partial charge in [-0.3, -0.25) is 4.90 Å². The van der Waals surface area contributed by atoms with Crippen LogP contribution in [0.2, 0.25) is 0 Å². The first-order valence-corrected chi connectivity index (χ1v) is 7.38. The lowest BCUT2D eigenvalue weighted by Crippen LogP contribution is -2.52. The van der Waals surface area contributed by atoms with E-state index < -0.39 is 0 Å².